The third-order valence-corrected chi connectivity index (χ3v) is 7.64. The second kappa shape index (κ2) is 11.1. The number of hydrogen-bond acceptors (Lipinski definition) is 6. The van der Waals surface area contributed by atoms with Crippen LogP contribution in [-0.2, 0) is 9.47 Å². The average molecular weight is 487 g/mol. The Labute approximate surface area is 206 Å². The van der Waals surface area contributed by atoms with Gasteiger partial charge in [-0.3, -0.25) is 0 Å². The molecule has 0 saturated carbocycles. The smallest absolute Gasteiger partial charge is 0.337 e. The number of carbonyl (C=O) groups is 2. The third-order valence-electron chi connectivity index (χ3n) is 5.22. The molecule has 170 valence electrons. The predicted molar refractivity (Wildman–Crippen MR) is 138 cm³/mol. The van der Waals surface area contributed by atoms with Gasteiger partial charge >= 0.3 is 11.9 Å². The molecule has 4 nitrogen and oxygen atoms in total. The van der Waals surface area contributed by atoms with E-state index in [1.54, 1.807) is 45.9 Å². The van der Waals surface area contributed by atoms with E-state index in [-0.39, 0.29) is 11.9 Å². The highest BCUT2D eigenvalue weighted by atomic mass is 33.1. The fourth-order valence-electron chi connectivity index (χ4n) is 3.34. The molecule has 0 bridgehead atoms. The maximum Gasteiger partial charge on any atom is 0.337 e. The predicted octanol–water partition coefficient (Wildman–Crippen LogP) is 7.39. The Bertz CT molecular complexity index is 1160. The van der Waals surface area contributed by atoms with E-state index in [9.17, 15) is 9.59 Å². The van der Waals surface area contributed by atoms with Crippen molar-refractivity contribution < 1.29 is 19.1 Å². The van der Waals surface area contributed by atoms with Gasteiger partial charge in [-0.1, -0.05) is 70.1 Å². The molecule has 4 aromatic carbocycles. The number of methoxy groups -OCH3 is 2. The van der Waals surface area contributed by atoms with E-state index in [0.717, 1.165) is 32.0 Å². The lowest BCUT2D eigenvalue weighted by Gasteiger charge is -2.07. The zero-order valence-electron chi connectivity index (χ0n) is 18.7. The second-order valence-electron chi connectivity index (χ2n) is 7.35. The molecular formula is C28H22O4S2. The molecule has 0 aliphatic heterocycles. The molecule has 0 aliphatic rings. The fraction of sp³-hybridized carbons (Fsp3) is 0.0714. The van der Waals surface area contributed by atoms with Crippen LogP contribution >= 0.6 is 21.6 Å². The van der Waals surface area contributed by atoms with E-state index < -0.39 is 0 Å². The van der Waals surface area contributed by atoms with Gasteiger partial charge in [-0.05, 0) is 70.8 Å². The fourth-order valence-corrected chi connectivity index (χ4v) is 5.27. The van der Waals surface area contributed by atoms with Crippen LogP contribution in [0.2, 0.25) is 0 Å². The molecule has 0 aliphatic carbocycles. The number of benzene rings is 4. The molecule has 4 aromatic rings. The SMILES string of the molecule is COC(=O)c1ccc(-c2ccc(SSc3ccc(-c4ccc(C(=O)OC)cc4)cc3)cc2)cc1. The molecule has 4 rings (SSSR count). The molecule has 34 heavy (non-hydrogen) atoms. The number of ether oxygens (including phenoxy) is 2. The number of rotatable bonds is 7. The van der Waals surface area contributed by atoms with E-state index in [0.29, 0.717) is 11.1 Å². The average Bonchev–Trinajstić information content (AvgIpc) is 2.92. The van der Waals surface area contributed by atoms with E-state index in [2.05, 4.69) is 48.5 Å². The van der Waals surface area contributed by atoms with E-state index >= 15 is 0 Å². The Balaban J connectivity index is 1.35. The number of hydrogen-bond donors (Lipinski definition) is 0. The Morgan fingerprint density at radius 3 is 1.00 bits per heavy atom. The van der Waals surface area contributed by atoms with Gasteiger partial charge in [-0.15, -0.1) is 0 Å². The van der Waals surface area contributed by atoms with Gasteiger partial charge in [0, 0.05) is 9.79 Å². The van der Waals surface area contributed by atoms with Crippen molar-refractivity contribution >= 4 is 33.5 Å². The Kier molecular flexibility index (Phi) is 7.72. The minimum absolute atomic E-state index is 0.333. The topological polar surface area (TPSA) is 52.6 Å². The first-order chi connectivity index (χ1) is 16.6. The summed E-state index contributed by atoms with van der Waals surface area (Å²) in [5.74, 6) is -0.667. The Hall–Kier alpha value is -3.48. The van der Waals surface area contributed by atoms with Crippen LogP contribution < -0.4 is 0 Å². The molecule has 0 spiro atoms. The van der Waals surface area contributed by atoms with Crippen molar-refractivity contribution in [3.05, 3.63) is 108 Å². The van der Waals surface area contributed by atoms with Crippen LogP contribution in [0.15, 0.2) is 107 Å². The highest BCUT2D eigenvalue weighted by molar-refractivity contribution is 8.76. The monoisotopic (exact) mass is 486 g/mol. The molecule has 0 atom stereocenters. The van der Waals surface area contributed by atoms with E-state index in [4.69, 9.17) is 9.47 Å². The summed E-state index contributed by atoms with van der Waals surface area (Å²) >= 11 is 0. The summed E-state index contributed by atoms with van der Waals surface area (Å²) in [5, 5.41) is 0. The van der Waals surface area contributed by atoms with E-state index in [1.807, 2.05) is 24.3 Å². The molecule has 0 aromatic heterocycles. The Morgan fingerprint density at radius 2 is 0.735 bits per heavy atom. The van der Waals surface area contributed by atoms with E-state index in [1.165, 1.54) is 14.2 Å². The van der Waals surface area contributed by atoms with Crippen molar-refractivity contribution in [3.8, 4) is 22.3 Å². The zero-order valence-corrected chi connectivity index (χ0v) is 20.3. The van der Waals surface area contributed by atoms with Gasteiger partial charge < -0.3 is 9.47 Å². The molecular weight excluding hydrogens is 464 g/mol. The van der Waals surface area contributed by atoms with Crippen LogP contribution in [0.1, 0.15) is 20.7 Å². The molecule has 0 unspecified atom stereocenters. The Morgan fingerprint density at radius 1 is 0.471 bits per heavy atom. The first-order valence-electron chi connectivity index (χ1n) is 10.5. The van der Waals surface area contributed by atoms with Crippen molar-refractivity contribution in [2.24, 2.45) is 0 Å². The molecule has 0 fully saturated rings. The van der Waals surface area contributed by atoms with Crippen molar-refractivity contribution in [1.82, 2.24) is 0 Å². The number of esters is 2. The minimum Gasteiger partial charge on any atom is -0.465 e. The van der Waals surface area contributed by atoms with Crippen LogP contribution in [0, 0.1) is 0 Å². The quantitative estimate of drug-likeness (QED) is 0.200. The molecule has 0 saturated heterocycles. The summed E-state index contributed by atoms with van der Waals surface area (Å²) in [4.78, 5) is 25.5. The van der Waals surface area contributed by atoms with Gasteiger partial charge in [0.05, 0.1) is 25.3 Å². The summed E-state index contributed by atoms with van der Waals surface area (Å²) in [7, 11) is 6.16. The van der Waals surface area contributed by atoms with Crippen LogP contribution in [0.25, 0.3) is 22.3 Å². The first kappa shape index (κ1) is 23.7. The zero-order chi connectivity index (χ0) is 23.9. The minimum atomic E-state index is -0.333. The first-order valence-corrected chi connectivity index (χ1v) is 12.6. The molecule has 0 radical (unpaired) electrons. The standard InChI is InChI=1S/C28H22O4S2/c1-31-27(29)23-7-3-19(4-8-23)21-11-15-25(16-12-21)33-34-26-17-13-22(14-18-26)20-5-9-24(10-6-20)28(30)32-2/h3-18H,1-2H3. The second-order valence-corrected chi connectivity index (χ2v) is 9.63. The summed E-state index contributed by atoms with van der Waals surface area (Å²) in [6.45, 7) is 0. The highest BCUT2D eigenvalue weighted by Gasteiger charge is 2.07. The highest BCUT2D eigenvalue weighted by Crippen LogP contribution is 2.38. The van der Waals surface area contributed by atoms with Gasteiger partial charge in [-0.2, -0.15) is 0 Å². The maximum atomic E-state index is 11.6. The van der Waals surface area contributed by atoms with Crippen LogP contribution in [0.4, 0.5) is 0 Å². The van der Waals surface area contributed by atoms with Crippen molar-refractivity contribution in [2.45, 2.75) is 9.79 Å². The normalized spacial score (nSPS) is 10.5. The lowest BCUT2D eigenvalue weighted by atomic mass is 10.0. The van der Waals surface area contributed by atoms with Gasteiger partial charge in [0.25, 0.3) is 0 Å². The molecule has 0 N–H and O–H groups in total. The number of carbonyl (C=O) groups excluding carboxylic acids is 2. The summed E-state index contributed by atoms with van der Waals surface area (Å²) in [6, 6.07) is 31.5. The molecule has 0 amide bonds. The van der Waals surface area contributed by atoms with Crippen LogP contribution in [-0.4, -0.2) is 26.2 Å². The van der Waals surface area contributed by atoms with Gasteiger partial charge in [0.15, 0.2) is 0 Å². The summed E-state index contributed by atoms with van der Waals surface area (Å²) in [5.41, 5.74) is 5.36. The summed E-state index contributed by atoms with van der Waals surface area (Å²) < 4.78 is 9.49. The van der Waals surface area contributed by atoms with Crippen molar-refractivity contribution in [1.29, 1.82) is 0 Å². The van der Waals surface area contributed by atoms with Crippen molar-refractivity contribution in [3.63, 3.8) is 0 Å². The van der Waals surface area contributed by atoms with Crippen LogP contribution in [0.3, 0.4) is 0 Å². The lowest BCUT2D eigenvalue weighted by Crippen LogP contribution is -2.00. The van der Waals surface area contributed by atoms with Gasteiger partial charge in [0.2, 0.25) is 0 Å². The molecule has 0 heterocycles. The van der Waals surface area contributed by atoms with Gasteiger partial charge in [-0.25, -0.2) is 9.59 Å². The summed E-state index contributed by atoms with van der Waals surface area (Å²) in [6.07, 6.45) is 0. The third kappa shape index (κ3) is 5.71. The van der Waals surface area contributed by atoms with Crippen molar-refractivity contribution in [2.75, 3.05) is 14.2 Å². The lowest BCUT2D eigenvalue weighted by molar-refractivity contribution is 0.0592. The van der Waals surface area contributed by atoms with Gasteiger partial charge in [0.1, 0.15) is 0 Å². The molecule has 6 heteroatoms. The maximum absolute atomic E-state index is 11.6. The largest absolute Gasteiger partial charge is 0.465 e. The van der Waals surface area contributed by atoms with Crippen LogP contribution in [0.5, 0.6) is 0 Å².